The van der Waals surface area contributed by atoms with Gasteiger partial charge in [0, 0.05) is 26.0 Å². The Morgan fingerprint density at radius 1 is 1.40 bits per heavy atom. The van der Waals surface area contributed by atoms with E-state index in [4.69, 9.17) is 24.7 Å². The van der Waals surface area contributed by atoms with E-state index in [9.17, 15) is 4.79 Å². The fourth-order valence-corrected chi connectivity index (χ4v) is 3.41. The highest BCUT2D eigenvalue weighted by Gasteiger charge is 2.57. The van der Waals surface area contributed by atoms with Crippen LogP contribution in [-0.2, 0) is 18.9 Å². The molecule has 140 valence electrons. The zero-order chi connectivity index (χ0) is 18.4. The Bertz CT molecular complexity index is 702. The van der Waals surface area contributed by atoms with Gasteiger partial charge in [0.1, 0.15) is 23.6 Å². The third-order valence-corrected chi connectivity index (χ3v) is 5.08. The second-order valence-electron chi connectivity index (χ2n) is 7.44. The van der Waals surface area contributed by atoms with E-state index >= 15 is 0 Å². The molecule has 1 aliphatic carbocycles. The monoisotopic (exact) mass is 353 g/mol. The van der Waals surface area contributed by atoms with Crippen LogP contribution >= 0.6 is 0 Å². The van der Waals surface area contributed by atoms with Crippen molar-refractivity contribution in [3.8, 4) is 0 Å². The van der Waals surface area contributed by atoms with Crippen LogP contribution in [0.15, 0.2) is 11.0 Å². The van der Waals surface area contributed by atoms with E-state index in [2.05, 4.69) is 11.9 Å². The second-order valence-corrected chi connectivity index (χ2v) is 7.44. The van der Waals surface area contributed by atoms with Crippen molar-refractivity contribution in [1.29, 1.82) is 0 Å². The minimum absolute atomic E-state index is 0.207. The van der Waals surface area contributed by atoms with Crippen molar-refractivity contribution < 1.29 is 18.9 Å². The summed E-state index contributed by atoms with van der Waals surface area (Å²) in [6.45, 7) is 6.07. The van der Waals surface area contributed by atoms with Crippen LogP contribution in [0.25, 0.3) is 0 Å². The molecule has 0 aromatic carbocycles. The summed E-state index contributed by atoms with van der Waals surface area (Å²) in [6, 6.07) is 0. The summed E-state index contributed by atoms with van der Waals surface area (Å²) in [4.78, 5) is 16.3. The van der Waals surface area contributed by atoms with Crippen LogP contribution in [0.1, 0.15) is 38.5 Å². The summed E-state index contributed by atoms with van der Waals surface area (Å²) in [5.74, 6) is 0.216. The molecule has 8 nitrogen and oxygen atoms in total. The highest BCUT2D eigenvalue weighted by atomic mass is 16.6. The first-order chi connectivity index (χ1) is 11.7. The second kappa shape index (κ2) is 6.35. The van der Waals surface area contributed by atoms with E-state index < -0.39 is 23.6 Å². The van der Waals surface area contributed by atoms with Crippen LogP contribution in [0.4, 0.5) is 5.82 Å². The number of rotatable bonds is 6. The molecule has 25 heavy (non-hydrogen) atoms. The first-order valence-corrected chi connectivity index (χ1v) is 8.46. The summed E-state index contributed by atoms with van der Waals surface area (Å²) in [5.41, 5.74) is 5.02. The van der Waals surface area contributed by atoms with E-state index in [-0.39, 0.29) is 17.5 Å². The molecule has 4 unspecified atom stereocenters. The molecule has 0 amide bonds. The third-order valence-electron chi connectivity index (χ3n) is 5.08. The number of anilines is 1. The average molecular weight is 353 g/mol. The summed E-state index contributed by atoms with van der Waals surface area (Å²) in [6.07, 6.45) is 2.09. The van der Waals surface area contributed by atoms with Gasteiger partial charge in [-0.25, -0.2) is 4.79 Å². The molecule has 2 N–H and O–H groups in total. The van der Waals surface area contributed by atoms with Crippen molar-refractivity contribution in [2.45, 2.75) is 63.3 Å². The summed E-state index contributed by atoms with van der Waals surface area (Å²) >= 11 is 0. The van der Waals surface area contributed by atoms with E-state index in [0.717, 1.165) is 12.8 Å². The smallest absolute Gasteiger partial charge is 0.351 e. The van der Waals surface area contributed by atoms with Gasteiger partial charge in [-0.3, -0.25) is 4.57 Å². The van der Waals surface area contributed by atoms with Gasteiger partial charge < -0.3 is 24.7 Å². The number of hydrogen-bond acceptors (Lipinski definition) is 7. The zero-order valence-corrected chi connectivity index (χ0v) is 15.4. The highest BCUT2D eigenvalue weighted by Crippen LogP contribution is 2.47. The SMILES string of the molecule is COCC1(C)OC(n2cc(C)c(N)nc2=O)C(OC2(C)CC2)C1OC. The van der Waals surface area contributed by atoms with Crippen molar-refractivity contribution >= 4 is 5.82 Å². The molecule has 8 heteroatoms. The normalized spacial score (nSPS) is 33.6. The average Bonchev–Trinajstić information content (AvgIpc) is 3.19. The van der Waals surface area contributed by atoms with Crippen molar-refractivity contribution in [1.82, 2.24) is 9.55 Å². The van der Waals surface area contributed by atoms with Crippen molar-refractivity contribution in [3.05, 3.63) is 22.2 Å². The topological polar surface area (TPSA) is 97.8 Å². The minimum atomic E-state index is -0.751. The van der Waals surface area contributed by atoms with Gasteiger partial charge in [0.05, 0.1) is 12.2 Å². The largest absolute Gasteiger partial charge is 0.383 e. The molecule has 2 aliphatic rings. The number of aryl methyl sites for hydroxylation is 1. The molecule has 4 atom stereocenters. The van der Waals surface area contributed by atoms with Gasteiger partial charge in [0.25, 0.3) is 0 Å². The number of hydrogen-bond donors (Lipinski definition) is 1. The molecular weight excluding hydrogens is 326 g/mol. The predicted octanol–water partition coefficient (Wildman–Crippen LogP) is 1.02. The first-order valence-electron chi connectivity index (χ1n) is 8.46. The van der Waals surface area contributed by atoms with E-state index in [1.165, 1.54) is 4.57 Å². The number of nitrogens with zero attached hydrogens (tertiary/aromatic N) is 2. The molecule has 2 heterocycles. The number of aromatic nitrogens is 2. The van der Waals surface area contributed by atoms with Gasteiger partial charge in [0.15, 0.2) is 6.23 Å². The van der Waals surface area contributed by atoms with E-state index in [1.54, 1.807) is 27.3 Å². The molecule has 1 saturated carbocycles. The number of nitrogen functional groups attached to an aromatic ring is 1. The Morgan fingerprint density at radius 2 is 2.08 bits per heavy atom. The summed E-state index contributed by atoms with van der Waals surface area (Å²) in [5, 5.41) is 0. The van der Waals surface area contributed by atoms with Crippen LogP contribution in [0.5, 0.6) is 0 Å². The van der Waals surface area contributed by atoms with Gasteiger partial charge in [-0.1, -0.05) is 0 Å². The number of methoxy groups -OCH3 is 2. The molecule has 1 aromatic rings. The molecule has 0 spiro atoms. The van der Waals surface area contributed by atoms with E-state index in [1.807, 2.05) is 6.92 Å². The molecule has 1 aliphatic heterocycles. The highest BCUT2D eigenvalue weighted by molar-refractivity contribution is 5.35. The summed E-state index contributed by atoms with van der Waals surface area (Å²) in [7, 11) is 3.22. The lowest BCUT2D eigenvalue weighted by molar-refractivity contribution is -0.130. The standard InChI is InChI=1S/C17H27N3O5/c1-10-8-20(15(21)19-13(10)18)14-11(24-16(2)6-7-16)12(23-5)17(3,25-14)9-22-4/h8,11-12,14H,6-7,9H2,1-5H3,(H2,18,19,21). The Morgan fingerprint density at radius 3 is 2.64 bits per heavy atom. The lowest BCUT2D eigenvalue weighted by Crippen LogP contribution is -2.47. The van der Waals surface area contributed by atoms with Crippen molar-refractivity contribution in [2.24, 2.45) is 0 Å². The number of ether oxygens (including phenoxy) is 4. The van der Waals surface area contributed by atoms with E-state index in [0.29, 0.717) is 12.2 Å². The minimum Gasteiger partial charge on any atom is -0.383 e. The Hall–Kier alpha value is -1.48. The van der Waals surface area contributed by atoms with Crippen LogP contribution in [-0.4, -0.2) is 53.8 Å². The number of nitrogens with two attached hydrogens (primary N) is 1. The van der Waals surface area contributed by atoms with Crippen LogP contribution in [0.3, 0.4) is 0 Å². The van der Waals surface area contributed by atoms with Crippen molar-refractivity contribution in [3.63, 3.8) is 0 Å². The molecule has 0 bridgehead atoms. The molecule has 3 rings (SSSR count). The van der Waals surface area contributed by atoms with Gasteiger partial charge in [-0.05, 0) is 33.6 Å². The fourth-order valence-electron chi connectivity index (χ4n) is 3.41. The predicted molar refractivity (Wildman–Crippen MR) is 91.4 cm³/mol. The zero-order valence-electron chi connectivity index (χ0n) is 15.4. The maximum atomic E-state index is 12.4. The van der Waals surface area contributed by atoms with Gasteiger partial charge in [-0.15, -0.1) is 0 Å². The fraction of sp³-hybridized carbons (Fsp3) is 0.765. The molecule has 1 saturated heterocycles. The summed E-state index contributed by atoms with van der Waals surface area (Å²) < 4.78 is 25.1. The lowest BCUT2D eigenvalue weighted by atomic mass is 9.97. The molecular formula is C17H27N3O5. The van der Waals surface area contributed by atoms with Gasteiger partial charge in [0.2, 0.25) is 0 Å². The molecule has 2 fully saturated rings. The van der Waals surface area contributed by atoms with Gasteiger partial charge >= 0.3 is 5.69 Å². The molecule has 1 aromatic heterocycles. The lowest BCUT2D eigenvalue weighted by Gasteiger charge is -2.30. The third kappa shape index (κ3) is 3.31. The maximum absolute atomic E-state index is 12.4. The van der Waals surface area contributed by atoms with Crippen LogP contribution < -0.4 is 11.4 Å². The Balaban J connectivity index is 2.03. The Kier molecular flexibility index (Phi) is 4.65. The van der Waals surface area contributed by atoms with Crippen LogP contribution in [0, 0.1) is 6.92 Å². The first kappa shape index (κ1) is 18.3. The molecule has 0 radical (unpaired) electrons. The van der Waals surface area contributed by atoms with Crippen LogP contribution in [0.2, 0.25) is 0 Å². The quantitative estimate of drug-likeness (QED) is 0.815. The maximum Gasteiger partial charge on any atom is 0.351 e. The Labute approximate surface area is 147 Å². The van der Waals surface area contributed by atoms with Gasteiger partial charge in [-0.2, -0.15) is 4.98 Å². The van der Waals surface area contributed by atoms with Crippen molar-refractivity contribution in [2.75, 3.05) is 26.6 Å².